The molecule has 3 N–H and O–H groups in total. The molecule has 3 atom stereocenters. The van der Waals surface area contributed by atoms with Crippen molar-refractivity contribution in [2.45, 2.75) is 102 Å². The highest BCUT2D eigenvalue weighted by Gasteiger charge is 2.59. The number of anilines is 1. The summed E-state index contributed by atoms with van der Waals surface area (Å²) in [5.74, 6) is -4.02. The van der Waals surface area contributed by atoms with E-state index in [1.807, 2.05) is 0 Å². The van der Waals surface area contributed by atoms with Crippen LogP contribution in [0.1, 0.15) is 83.8 Å². The van der Waals surface area contributed by atoms with Crippen LogP contribution in [0.4, 0.5) is 19.4 Å². The van der Waals surface area contributed by atoms with Crippen molar-refractivity contribution in [1.29, 1.82) is 0 Å². The molecular weight excluding hydrogens is 512 g/mol. The van der Waals surface area contributed by atoms with E-state index in [9.17, 15) is 23.5 Å². The molecule has 9 nitrogen and oxygen atoms in total. The molecule has 0 unspecified atom stereocenters. The third kappa shape index (κ3) is 11.0. The van der Waals surface area contributed by atoms with Gasteiger partial charge in [-0.05, 0) is 57.1 Å². The maximum absolute atomic E-state index is 14.2. The summed E-state index contributed by atoms with van der Waals surface area (Å²) in [4.78, 5) is 27.6. The molecule has 0 bridgehead atoms. The first kappa shape index (κ1) is 32.3. The number of hydrogen-bond acceptors (Lipinski definition) is 7. The number of amides is 1. The zero-order valence-corrected chi connectivity index (χ0v) is 22.5. The van der Waals surface area contributed by atoms with Gasteiger partial charge in [0.1, 0.15) is 11.9 Å². The summed E-state index contributed by atoms with van der Waals surface area (Å²) in [6.45, 7) is 1.37. The van der Waals surface area contributed by atoms with Crippen LogP contribution in [-0.4, -0.2) is 50.6 Å². The molecule has 1 saturated heterocycles. The molecular formula is C28H41F2N3O6. The Balaban J connectivity index is 1.59. The van der Waals surface area contributed by atoms with Crippen molar-refractivity contribution in [2.24, 2.45) is 0 Å². The highest BCUT2D eigenvalue weighted by molar-refractivity contribution is 5.83. The molecule has 0 radical (unpaired) electrons. The van der Waals surface area contributed by atoms with E-state index in [0.717, 1.165) is 57.2 Å². The molecule has 2 heterocycles. The summed E-state index contributed by atoms with van der Waals surface area (Å²) < 4.78 is 38.8. The average Bonchev–Trinajstić information content (AvgIpc) is 3.14. The van der Waals surface area contributed by atoms with Crippen LogP contribution in [0.15, 0.2) is 53.7 Å². The largest absolute Gasteiger partial charge is 0.418 e. The fourth-order valence-corrected chi connectivity index (χ4v) is 3.99. The lowest BCUT2D eigenvalue weighted by Crippen LogP contribution is -2.41. The van der Waals surface area contributed by atoms with Crippen molar-refractivity contribution in [3.8, 4) is 0 Å². The first-order chi connectivity index (χ1) is 18.8. The van der Waals surface area contributed by atoms with E-state index in [4.69, 9.17) is 14.6 Å². The number of halogens is 2. The number of aliphatic hydroxyl groups is 2. The van der Waals surface area contributed by atoms with Crippen LogP contribution in [0.5, 0.6) is 0 Å². The van der Waals surface area contributed by atoms with Gasteiger partial charge in [0.2, 0.25) is 6.23 Å². The van der Waals surface area contributed by atoms with Crippen LogP contribution in [0.2, 0.25) is 0 Å². The molecule has 1 aliphatic heterocycles. The molecule has 1 aromatic rings. The minimum atomic E-state index is -3.82. The zero-order valence-electron chi connectivity index (χ0n) is 22.5. The fraction of sp³-hybridized carbons (Fsp3) is 0.607. The van der Waals surface area contributed by atoms with Crippen LogP contribution in [0, 0.1) is 0 Å². The van der Waals surface area contributed by atoms with Crippen molar-refractivity contribution in [2.75, 3.05) is 11.9 Å². The number of nitrogens with zero attached hydrogens (tertiary/aromatic N) is 2. The minimum absolute atomic E-state index is 0.202. The van der Waals surface area contributed by atoms with Crippen molar-refractivity contribution in [3.63, 3.8) is 0 Å². The van der Waals surface area contributed by atoms with Gasteiger partial charge in [0.15, 0.2) is 6.10 Å². The van der Waals surface area contributed by atoms with Crippen LogP contribution in [0.3, 0.4) is 0 Å². The normalized spacial score (nSPS) is 20.9. The van der Waals surface area contributed by atoms with E-state index in [0.29, 0.717) is 4.57 Å². The summed E-state index contributed by atoms with van der Waals surface area (Å²) in [6.07, 6.45) is 18.1. The molecule has 0 spiro atoms. The van der Waals surface area contributed by atoms with E-state index in [2.05, 4.69) is 41.5 Å². The lowest BCUT2D eigenvalue weighted by molar-refractivity contribution is -0.140. The number of aliphatic hydroxyl groups excluding tert-OH is 2. The smallest absolute Gasteiger partial charge is 0.417 e. The Kier molecular flexibility index (Phi) is 14.6. The molecule has 0 saturated carbocycles. The Bertz CT molecular complexity index is 1010. The van der Waals surface area contributed by atoms with Crippen molar-refractivity contribution < 1.29 is 33.3 Å². The van der Waals surface area contributed by atoms with Crippen LogP contribution in [-0.2, 0) is 9.47 Å². The number of ether oxygens (including phenoxy) is 2. The maximum atomic E-state index is 14.2. The van der Waals surface area contributed by atoms with E-state index >= 15 is 0 Å². The Morgan fingerprint density at radius 2 is 1.74 bits per heavy atom. The standard InChI is InChI=1S/C28H41F2N3O6/c1-2-3-4-5-6-7-8-9-10-11-12-13-14-15-16-17-20-38-27(37)32-23-18-19-33(26(36)31-23)25-28(29,30)24(35)22(21-34)39-25/h6-7,9-10,17-20,22,24-25,34-35H,2-5,8,11-16,21H2,1H3,(H,31,32,36,37)/b7-6-,10-9-,20-17-/t22-,24+,25-/m1/s1. The predicted octanol–water partition coefficient (Wildman–Crippen LogP) is 5.61. The van der Waals surface area contributed by atoms with Gasteiger partial charge in [-0.3, -0.25) is 9.88 Å². The average molecular weight is 554 g/mol. The topological polar surface area (TPSA) is 123 Å². The molecule has 0 aromatic carbocycles. The number of allylic oxidation sites excluding steroid dienone is 5. The third-order valence-electron chi connectivity index (χ3n) is 6.21. The van der Waals surface area contributed by atoms with E-state index < -0.39 is 42.7 Å². The molecule has 1 amide bonds. The third-order valence-corrected chi connectivity index (χ3v) is 6.21. The van der Waals surface area contributed by atoms with Gasteiger partial charge in [0.25, 0.3) is 0 Å². The molecule has 1 fully saturated rings. The minimum Gasteiger partial charge on any atom is -0.418 e. The number of hydrogen-bond donors (Lipinski definition) is 3. The Morgan fingerprint density at radius 1 is 1.10 bits per heavy atom. The summed E-state index contributed by atoms with van der Waals surface area (Å²) in [7, 11) is 0. The van der Waals surface area contributed by atoms with Crippen molar-refractivity contribution in [1.82, 2.24) is 9.55 Å². The highest BCUT2D eigenvalue weighted by Crippen LogP contribution is 2.41. The predicted molar refractivity (Wildman–Crippen MR) is 144 cm³/mol. The number of rotatable bonds is 17. The fourth-order valence-electron chi connectivity index (χ4n) is 3.99. The number of alkyl halides is 2. The highest BCUT2D eigenvalue weighted by atomic mass is 19.3. The van der Waals surface area contributed by atoms with Gasteiger partial charge >= 0.3 is 17.7 Å². The Morgan fingerprint density at radius 3 is 2.33 bits per heavy atom. The number of nitrogens with one attached hydrogen (secondary N) is 1. The molecule has 11 heteroatoms. The summed E-state index contributed by atoms with van der Waals surface area (Å²) in [6, 6.07) is 1.12. The SMILES string of the molecule is CCCCC/C=C\C/C=C\CCCCCC/C=C\OC(=O)Nc1ccn([C@@H]2O[C@H](CO)[C@H](O)C2(F)F)c(=O)n1. The van der Waals surface area contributed by atoms with Gasteiger partial charge < -0.3 is 19.7 Å². The van der Waals surface area contributed by atoms with Gasteiger partial charge in [0, 0.05) is 6.20 Å². The summed E-state index contributed by atoms with van der Waals surface area (Å²) >= 11 is 0. The molecule has 39 heavy (non-hydrogen) atoms. The Hall–Kier alpha value is -2.89. The quantitative estimate of drug-likeness (QED) is 0.130. The second kappa shape index (κ2) is 17.6. The van der Waals surface area contributed by atoms with Gasteiger partial charge in [-0.15, -0.1) is 0 Å². The van der Waals surface area contributed by atoms with E-state index in [-0.39, 0.29) is 5.82 Å². The number of carbonyl (C=O) groups is 1. The zero-order chi connectivity index (χ0) is 28.5. The van der Waals surface area contributed by atoms with Gasteiger partial charge in [-0.25, -0.2) is 9.59 Å². The Labute approximate surface area is 228 Å². The van der Waals surface area contributed by atoms with Crippen LogP contribution >= 0.6 is 0 Å². The van der Waals surface area contributed by atoms with E-state index in [1.165, 1.54) is 31.9 Å². The van der Waals surface area contributed by atoms with E-state index in [1.54, 1.807) is 6.08 Å². The van der Waals surface area contributed by atoms with Gasteiger partial charge in [-0.1, -0.05) is 56.9 Å². The first-order valence-electron chi connectivity index (χ1n) is 13.6. The molecule has 218 valence electrons. The number of aromatic nitrogens is 2. The lowest BCUT2D eigenvalue weighted by atomic mass is 10.1. The number of carbonyl (C=O) groups excluding carboxylic acids is 1. The summed E-state index contributed by atoms with van der Waals surface area (Å²) in [5.41, 5.74) is -1.14. The molecule has 1 aromatic heterocycles. The number of unbranched alkanes of at least 4 members (excludes halogenated alkanes) is 8. The monoisotopic (exact) mass is 553 g/mol. The maximum Gasteiger partial charge on any atom is 0.417 e. The second-order valence-electron chi connectivity index (χ2n) is 9.40. The molecule has 2 rings (SSSR count). The van der Waals surface area contributed by atoms with Crippen molar-refractivity contribution >= 4 is 11.9 Å². The first-order valence-corrected chi connectivity index (χ1v) is 13.6. The molecule has 0 aliphatic carbocycles. The van der Waals surface area contributed by atoms with Crippen molar-refractivity contribution in [3.05, 3.63) is 59.4 Å². The summed E-state index contributed by atoms with van der Waals surface area (Å²) in [5, 5.41) is 20.9. The van der Waals surface area contributed by atoms with Crippen LogP contribution < -0.4 is 11.0 Å². The molecule has 1 aliphatic rings. The van der Waals surface area contributed by atoms with Gasteiger partial charge in [0.05, 0.1) is 12.9 Å². The second-order valence-corrected chi connectivity index (χ2v) is 9.40. The lowest BCUT2D eigenvalue weighted by Gasteiger charge is -2.21. The van der Waals surface area contributed by atoms with Gasteiger partial charge in [-0.2, -0.15) is 13.8 Å². The van der Waals surface area contributed by atoms with Crippen LogP contribution in [0.25, 0.3) is 0 Å².